The second-order valence-electron chi connectivity index (χ2n) is 5.43. The molecule has 1 amide bonds. The van der Waals surface area contributed by atoms with Crippen molar-refractivity contribution in [3.63, 3.8) is 0 Å². The fraction of sp³-hybridized carbons (Fsp3) is 0.562. The number of amides is 1. The highest BCUT2D eigenvalue weighted by molar-refractivity contribution is 5.95. The molecular weight excluding hydrogens is 252 g/mol. The van der Waals surface area contributed by atoms with Gasteiger partial charge in [-0.1, -0.05) is 18.2 Å². The number of aliphatic hydroxyl groups is 1. The summed E-state index contributed by atoms with van der Waals surface area (Å²) in [5.41, 5.74) is 1.94. The Bertz CT molecular complexity index is 448. The highest BCUT2D eigenvalue weighted by atomic mass is 16.3. The molecule has 4 heteroatoms. The van der Waals surface area contributed by atoms with Gasteiger partial charge in [0.25, 0.3) is 5.91 Å². The lowest BCUT2D eigenvalue weighted by Gasteiger charge is -2.18. The number of aliphatic hydroxyl groups excluding tert-OH is 1. The molecule has 110 valence electrons. The summed E-state index contributed by atoms with van der Waals surface area (Å²) in [5, 5.41) is 12.1. The van der Waals surface area contributed by atoms with E-state index >= 15 is 0 Å². The summed E-state index contributed by atoms with van der Waals surface area (Å²) in [6.45, 7) is 2.67. The minimum Gasteiger partial charge on any atom is -0.396 e. The van der Waals surface area contributed by atoms with Gasteiger partial charge in [0, 0.05) is 25.3 Å². The summed E-state index contributed by atoms with van der Waals surface area (Å²) in [6, 6.07) is 7.87. The quantitative estimate of drug-likeness (QED) is 0.823. The Morgan fingerprint density at radius 3 is 3.00 bits per heavy atom. The lowest BCUT2D eigenvalue weighted by Crippen LogP contribution is -2.30. The van der Waals surface area contributed by atoms with Crippen LogP contribution in [0.3, 0.4) is 0 Å². The first kappa shape index (κ1) is 15.0. The Morgan fingerprint density at radius 2 is 2.25 bits per heavy atom. The van der Waals surface area contributed by atoms with Crippen molar-refractivity contribution in [2.24, 2.45) is 5.92 Å². The molecule has 1 heterocycles. The summed E-state index contributed by atoms with van der Waals surface area (Å²) in [5.74, 6) is 0.588. The van der Waals surface area contributed by atoms with E-state index in [1.807, 2.05) is 36.2 Å². The van der Waals surface area contributed by atoms with Gasteiger partial charge in [0.15, 0.2) is 0 Å². The van der Waals surface area contributed by atoms with Crippen LogP contribution in [0.25, 0.3) is 0 Å². The Morgan fingerprint density at radius 1 is 1.45 bits per heavy atom. The van der Waals surface area contributed by atoms with Crippen LogP contribution in [0.5, 0.6) is 0 Å². The molecule has 1 aromatic carbocycles. The molecule has 20 heavy (non-hydrogen) atoms. The van der Waals surface area contributed by atoms with Gasteiger partial charge < -0.3 is 15.3 Å². The Hall–Kier alpha value is -1.39. The molecule has 1 atom stereocenters. The summed E-state index contributed by atoms with van der Waals surface area (Å²) < 4.78 is 0. The molecule has 1 saturated heterocycles. The van der Waals surface area contributed by atoms with Crippen LogP contribution in [0.1, 0.15) is 28.8 Å². The number of carbonyl (C=O) groups is 1. The Kier molecular flexibility index (Phi) is 5.56. The Labute approximate surface area is 120 Å². The van der Waals surface area contributed by atoms with Crippen LogP contribution in [0, 0.1) is 5.92 Å². The van der Waals surface area contributed by atoms with Gasteiger partial charge in [-0.2, -0.15) is 0 Å². The zero-order chi connectivity index (χ0) is 14.4. The second-order valence-corrected chi connectivity index (χ2v) is 5.43. The zero-order valence-electron chi connectivity index (χ0n) is 12.1. The van der Waals surface area contributed by atoms with Gasteiger partial charge >= 0.3 is 0 Å². The minimum atomic E-state index is 0.136. The molecule has 1 aliphatic heterocycles. The highest BCUT2D eigenvalue weighted by Gasteiger charge is 2.27. The number of hydrogen-bond acceptors (Lipinski definition) is 3. The third-order valence-corrected chi connectivity index (χ3v) is 4.00. The van der Waals surface area contributed by atoms with E-state index in [2.05, 4.69) is 5.32 Å². The van der Waals surface area contributed by atoms with E-state index in [-0.39, 0.29) is 12.5 Å². The van der Waals surface area contributed by atoms with Crippen molar-refractivity contribution in [2.45, 2.75) is 19.3 Å². The largest absolute Gasteiger partial charge is 0.396 e. The highest BCUT2D eigenvalue weighted by Crippen LogP contribution is 2.22. The fourth-order valence-electron chi connectivity index (χ4n) is 2.81. The summed E-state index contributed by atoms with van der Waals surface area (Å²) in [4.78, 5) is 14.6. The average Bonchev–Trinajstić information content (AvgIpc) is 2.94. The molecular formula is C16H24N2O2. The molecule has 1 aliphatic rings. The zero-order valence-corrected chi connectivity index (χ0v) is 12.1. The smallest absolute Gasteiger partial charge is 0.254 e. The van der Waals surface area contributed by atoms with Crippen LogP contribution in [0.2, 0.25) is 0 Å². The number of nitrogens with one attached hydrogen (secondary N) is 1. The second kappa shape index (κ2) is 7.41. The van der Waals surface area contributed by atoms with Crippen LogP contribution in [-0.2, 0) is 6.42 Å². The van der Waals surface area contributed by atoms with Gasteiger partial charge in [-0.25, -0.2) is 0 Å². The molecule has 1 fully saturated rings. The third-order valence-electron chi connectivity index (χ3n) is 4.00. The standard InChI is InChI=1S/C16H24N2O2/c1-17-9-6-14-4-2-3-5-15(14)16(20)18-10-7-13(12-18)8-11-19/h2-5,13,17,19H,6-12H2,1H3. The molecule has 0 saturated carbocycles. The van der Waals surface area contributed by atoms with Crippen LogP contribution in [0.4, 0.5) is 0 Å². The number of benzene rings is 1. The average molecular weight is 276 g/mol. The van der Waals surface area contributed by atoms with Gasteiger partial charge in [0.05, 0.1) is 0 Å². The third kappa shape index (κ3) is 3.58. The lowest BCUT2D eigenvalue weighted by molar-refractivity contribution is 0.0783. The topological polar surface area (TPSA) is 52.6 Å². The van der Waals surface area contributed by atoms with Crippen molar-refractivity contribution < 1.29 is 9.90 Å². The van der Waals surface area contributed by atoms with E-state index < -0.39 is 0 Å². The first-order chi connectivity index (χ1) is 9.76. The molecule has 0 radical (unpaired) electrons. The van der Waals surface area contributed by atoms with Crippen molar-refractivity contribution in [1.82, 2.24) is 10.2 Å². The van der Waals surface area contributed by atoms with Crippen molar-refractivity contribution in [2.75, 3.05) is 33.3 Å². The van der Waals surface area contributed by atoms with Gasteiger partial charge in [0.1, 0.15) is 0 Å². The van der Waals surface area contributed by atoms with E-state index in [4.69, 9.17) is 5.11 Å². The van der Waals surface area contributed by atoms with E-state index in [9.17, 15) is 4.79 Å². The molecule has 0 spiro atoms. The Balaban J connectivity index is 2.05. The van der Waals surface area contributed by atoms with E-state index in [0.29, 0.717) is 5.92 Å². The number of likely N-dealkylation sites (tertiary alicyclic amines) is 1. The van der Waals surface area contributed by atoms with Gasteiger partial charge in [-0.05, 0) is 50.4 Å². The molecule has 1 aromatic rings. The minimum absolute atomic E-state index is 0.136. The van der Waals surface area contributed by atoms with Crippen LogP contribution in [-0.4, -0.2) is 49.2 Å². The number of hydrogen-bond donors (Lipinski definition) is 2. The van der Waals surface area contributed by atoms with Crippen molar-refractivity contribution in [3.05, 3.63) is 35.4 Å². The number of nitrogens with zero attached hydrogens (tertiary/aromatic N) is 1. The maximum Gasteiger partial charge on any atom is 0.254 e. The van der Waals surface area contributed by atoms with Crippen molar-refractivity contribution in [3.8, 4) is 0 Å². The fourth-order valence-corrected chi connectivity index (χ4v) is 2.81. The maximum absolute atomic E-state index is 12.6. The first-order valence-electron chi connectivity index (χ1n) is 7.39. The molecule has 1 unspecified atom stereocenters. The normalized spacial score (nSPS) is 18.5. The molecule has 0 aliphatic carbocycles. The molecule has 0 bridgehead atoms. The van der Waals surface area contributed by atoms with Crippen molar-refractivity contribution in [1.29, 1.82) is 0 Å². The predicted molar refractivity (Wildman–Crippen MR) is 79.8 cm³/mol. The van der Waals surface area contributed by atoms with Crippen LogP contribution >= 0.6 is 0 Å². The van der Waals surface area contributed by atoms with Crippen LogP contribution in [0.15, 0.2) is 24.3 Å². The van der Waals surface area contributed by atoms with Gasteiger partial charge in [0.2, 0.25) is 0 Å². The van der Waals surface area contributed by atoms with Gasteiger partial charge in [-0.15, -0.1) is 0 Å². The van der Waals surface area contributed by atoms with Crippen molar-refractivity contribution >= 4 is 5.91 Å². The summed E-state index contributed by atoms with van der Waals surface area (Å²) in [7, 11) is 1.92. The molecule has 0 aromatic heterocycles. The van der Waals surface area contributed by atoms with E-state index in [1.54, 1.807) is 0 Å². The predicted octanol–water partition coefficient (Wildman–Crippen LogP) is 1.29. The van der Waals surface area contributed by atoms with E-state index in [0.717, 1.165) is 50.0 Å². The number of rotatable bonds is 6. The number of likely N-dealkylation sites (N-methyl/N-ethyl adjacent to an activating group) is 1. The van der Waals surface area contributed by atoms with E-state index in [1.165, 1.54) is 0 Å². The first-order valence-corrected chi connectivity index (χ1v) is 7.39. The molecule has 2 N–H and O–H groups in total. The number of carbonyl (C=O) groups excluding carboxylic acids is 1. The van der Waals surface area contributed by atoms with Gasteiger partial charge in [-0.3, -0.25) is 4.79 Å². The monoisotopic (exact) mass is 276 g/mol. The summed E-state index contributed by atoms with van der Waals surface area (Å²) in [6.07, 6.45) is 2.67. The summed E-state index contributed by atoms with van der Waals surface area (Å²) >= 11 is 0. The molecule has 4 nitrogen and oxygen atoms in total. The molecule has 2 rings (SSSR count). The maximum atomic E-state index is 12.6. The van der Waals surface area contributed by atoms with Crippen LogP contribution < -0.4 is 5.32 Å². The SMILES string of the molecule is CNCCc1ccccc1C(=O)N1CCC(CCO)C1. The lowest BCUT2D eigenvalue weighted by atomic mass is 10.0.